The lowest BCUT2D eigenvalue weighted by molar-refractivity contribution is -0.385. The summed E-state index contributed by atoms with van der Waals surface area (Å²) in [6, 6.07) is 18.6. The number of aryl methyl sites for hydroxylation is 1. The average molecular weight is 460 g/mol. The molecule has 34 heavy (non-hydrogen) atoms. The molecule has 0 aromatic heterocycles. The highest BCUT2D eigenvalue weighted by atomic mass is 16.6. The number of ether oxygens (including phenoxy) is 1. The van der Waals surface area contributed by atoms with Crippen LogP contribution in [0.5, 0.6) is 5.75 Å². The predicted molar refractivity (Wildman–Crippen MR) is 125 cm³/mol. The van der Waals surface area contributed by atoms with Crippen LogP contribution in [-0.4, -0.2) is 28.4 Å². The molecule has 3 aromatic carbocycles. The van der Waals surface area contributed by atoms with Gasteiger partial charge in [-0.25, -0.2) is 10.2 Å². The van der Waals surface area contributed by atoms with Gasteiger partial charge >= 0.3 is 17.8 Å². The van der Waals surface area contributed by atoms with Crippen molar-refractivity contribution in [3.63, 3.8) is 0 Å². The summed E-state index contributed by atoms with van der Waals surface area (Å²) in [7, 11) is 0. The normalized spacial score (nSPS) is 10.8. The van der Waals surface area contributed by atoms with Gasteiger partial charge in [-0.05, 0) is 44.2 Å². The van der Waals surface area contributed by atoms with Crippen LogP contribution < -0.4 is 15.5 Å². The van der Waals surface area contributed by atoms with Gasteiger partial charge in [-0.1, -0.05) is 42.0 Å². The van der Waals surface area contributed by atoms with E-state index in [1.54, 1.807) is 42.5 Å². The van der Waals surface area contributed by atoms with E-state index < -0.39 is 22.7 Å². The Labute approximate surface area is 194 Å². The van der Waals surface area contributed by atoms with Gasteiger partial charge in [-0.15, -0.1) is 0 Å². The molecule has 0 saturated carbocycles. The smallest absolute Gasteiger partial charge is 0.350 e. The van der Waals surface area contributed by atoms with Gasteiger partial charge in [0.25, 0.3) is 5.69 Å². The van der Waals surface area contributed by atoms with Gasteiger partial charge in [0.1, 0.15) is 11.3 Å². The highest BCUT2D eigenvalue weighted by Crippen LogP contribution is 2.23. The number of amides is 2. The Bertz CT molecular complexity index is 1280. The van der Waals surface area contributed by atoms with Crippen molar-refractivity contribution in [1.82, 2.24) is 5.43 Å². The number of nitrogens with zero attached hydrogens (tertiary/aromatic N) is 2. The molecule has 0 saturated heterocycles. The molecule has 10 heteroatoms. The SMILES string of the molecule is C/C(=N\NC(=O)C(=O)Nc1ccc(C)cc1)c1ccccc1OC(=O)c1ccccc1[N+](=O)[O-]. The molecular formula is C24H20N4O6. The molecule has 2 N–H and O–H groups in total. The Morgan fingerprint density at radius 3 is 2.18 bits per heavy atom. The maximum Gasteiger partial charge on any atom is 0.350 e. The molecular weight excluding hydrogens is 440 g/mol. The molecule has 0 spiro atoms. The second-order valence-electron chi connectivity index (χ2n) is 7.12. The number of rotatable bonds is 6. The zero-order valence-corrected chi connectivity index (χ0v) is 18.3. The largest absolute Gasteiger partial charge is 0.422 e. The Morgan fingerprint density at radius 1 is 0.882 bits per heavy atom. The number of nitro groups is 1. The molecule has 0 radical (unpaired) electrons. The lowest BCUT2D eigenvalue weighted by Gasteiger charge is -2.10. The first-order chi connectivity index (χ1) is 16.3. The highest BCUT2D eigenvalue weighted by molar-refractivity contribution is 6.39. The van der Waals surface area contributed by atoms with E-state index >= 15 is 0 Å². The van der Waals surface area contributed by atoms with Crippen LogP contribution in [0.1, 0.15) is 28.4 Å². The van der Waals surface area contributed by atoms with E-state index in [9.17, 15) is 24.5 Å². The average Bonchev–Trinajstić information content (AvgIpc) is 2.84. The molecule has 0 aliphatic rings. The van der Waals surface area contributed by atoms with Crippen LogP contribution in [0.15, 0.2) is 77.9 Å². The summed E-state index contributed by atoms with van der Waals surface area (Å²) in [5, 5.41) is 17.6. The quantitative estimate of drug-likeness (QED) is 0.144. The van der Waals surface area contributed by atoms with Crippen molar-refractivity contribution in [3.8, 4) is 5.75 Å². The van der Waals surface area contributed by atoms with Crippen molar-refractivity contribution in [2.45, 2.75) is 13.8 Å². The standard InChI is InChI=1S/C24H20N4O6/c1-15-11-13-17(14-12-15)25-22(29)23(30)27-26-16(2)18-7-4-6-10-21(18)34-24(31)19-8-3-5-9-20(19)28(32)33/h3-14H,1-2H3,(H,25,29)(H,27,30)/b26-16+. The number of carbonyl (C=O) groups is 3. The fourth-order valence-electron chi connectivity index (χ4n) is 2.89. The Morgan fingerprint density at radius 2 is 1.50 bits per heavy atom. The molecule has 0 fully saturated rings. The zero-order valence-electron chi connectivity index (χ0n) is 18.3. The lowest BCUT2D eigenvalue weighted by Crippen LogP contribution is -2.33. The van der Waals surface area contributed by atoms with Gasteiger partial charge in [0.05, 0.1) is 10.6 Å². The van der Waals surface area contributed by atoms with Crippen LogP contribution >= 0.6 is 0 Å². The molecule has 0 atom stereocenters. The maximum absolute atomic E-state index is 12.6. The summed E-state index contributed by atoms with van der Waals surface area (Å²) in [6.45, 7) is 3.43. The Kier molecular flexibility index (Phi) is 7.45. The van der Waals surface area contributed by atoms with E-state index in [1.165, 1.54) is 37.3 Å². The lowest BCUT2D eigenvalue weighted by atomic mass is 10.1. The minimum absolute atomic E-state index is 0.0743. The van der Waals surface area contributed by atoms with Crippen molar-refractivity contribution in [1.29, 1.82) is 0 Å². The topological polar surface area (TPSA) is 140 Å². The predicted octanol–water partition coefficient (Wildman–Crippen LogP) is 3.60. The van der Waals surface area contributed by atoms with Gasteiger partial charge in [0.15, 0.2) is 0 Å². The van der Waals surface area contributed by atoms with E-state index in [0.717, 1.165) is 5.56 Å². The van der Waals surface area contributed by atoms with Crippen LogP contribution in [0.25, 0.3) is 0 Å². The molecule has 0 unspecified atom stereocenters. The van der Waals surface area contributed by atoms with E-state index in [-0.39, 0.29) is 22.7 Å². The number of hydrogen-bond donors (Lipinski definition) is 2. The Balaban J connectivity index is 1.72. The fraction of sp³-hybridized carbons (Fsp3) is 0.0833. The number of hydrogen-bond acceptors (Lipinski definition) is 7. The first kappa shape index (κ1) is 23.8. The molecule has 2 amide bonds. The zero-order chi connectivity index (χ0) is 24.7. The molecule has 3 aromatic rings. The van der Waals surface area contributed by atoms with E-state index in [2.05, 4.69) is 15.8 Å². The van der Waals surface area contributed by atoms with E-state index in [4.69, 9.17) is 4.74 Å². The van der Waals surface area contributed by atoms with Gasteiger partial charge < -0.3 is 10.1 Å². The first-order valence-corrected chi connectivity index (χ1v) is 10.0. The number of nitro benzene ring substituents is 1. The fourth-order valence-corrected chi connectivity index (χ4v) is 2.89. The maximum atomic E-state index is 12.6. The third-order valence-electron chi connectivity index (χ3n) is 4.64. The molecule has 0 aliphatic carbocycles. The first-order valence-electron chi connectivity index (χ1n) is 10.0. The molecule has 172 valence electrons. The molecule has 0 bridgehead atoms. The summed E-state index contributed by atoms with van der Waals surface area (Å²) in [6.07, 6.45) is 0. The summed E-state index contributed by atoms with van der Waals surface area (Å²) < 4.78 is 5.37. The van der Waals surface area contributed by atoms with Crippen LogP contribution in [0.3, 0.4) is 0 Å². The van der Waals surface area contributed by atoms with Gasteiger partial charge in [-0.2, -0.15) is 5.10 Å². The van der Waals surface area contributed by atoms with E-state index in [0.29, 0.717) is 11.3 Å². The number of hydrazone groups is 1. The van der Waals surface area contributed by atoms with Crippen LogP contribution in [0, 0.1) is 17.0 Å². The number of esters is 1. The number of benzene rings is 3. The minimum Gasteiger partial charge on any atom is -0.422 e. The highest BCUT2D eigenvalue weighted by Gasteiger charge is 2.22. The van der Waals surface area contributed by atoms with Crippen LogP contribution in [-0.2, 0) is 9.59 Å². The van der Waals surface area contributed by atoms with Crippen molar-refractivity contribution in [3.05, 3.63) is 99.6 Å². The van der Waals surface area contributed by atoms with Crippen molar-refractivity contribution < 1.29 is 24.0 Å². The summed E-state index contributed by atoms with van der Waals surface area (Å²) >= 11 is 0. The second kappa shape index (κ2) is 10.6. The third kappa shape index (κ3) is 5.88. The van der Waals surface area contributed by atoms with Crippen LogP contribution in [0.4, 0.5) is 11.4 Å². The number of nitrogens with one attached hydrogen (secondary N) is 2. The van der Waals surface area contributed by atoms with Crippen LogP contribution in [0.2, 0.25) is 0 Å². The molecule has 10 nitrogen and oxygen atoms in total. The molecule has 3 rings (SSSR count). The monoisotopic (exact) mass is 460 g/mol. The minimum atomic E-state index is -0.991. The number of anilines is 1. The summed E-state index contributed by atoms with van der Waals surface area (Å²) in [5.41, 5.74) is 3.60. The van der Waals surface area contributed by atoms with Gasteiger partial charge in [0, 0.05) is 17.3 Å². The number of para-hydroxylation sites is 2. The molecule has 0 heterocycles. The van der Waals surface area contributed by atoms with Gasteiger partial charge in [0.2, 0.25) is 0 Å². The second-order valence-corrected chi connectivity index (χ2v) is 7.12. The van der Waals surface area contributed by atoms with E-state index in [1.807, 2.05) is 6.92 Å². The van der Waals surface area contributed by atoms with Crippen molar-refractivity contribution in [2.75, 3.05) is 5.32 Å². The number of carbonyl (C=O) groups excluding carboxylic acids is 3. The van der Waals surface area contributed by atoms with Gasteiger partial charge in [-0.3, -0.25) is 19.7 Å². The van der Waals surface area contributed by atoms with Crippen molar-refractivity contribution >= 4 is 34.9 Å². The molecule has 0 aliphatic heterocycles. The Hall–Kier alpha value is -4.86. The van der Waals surface area contributed by atoms with Crippen molar-refractivity contribution in [2.24, 2.45) is 5.10 Å². The third-order valence-corrected chi connectivity index (χ3v) is 4.64. The summed E-state index contributed by atoms with van der Waals surface area (Å²) in [4.78, 5) is 47.3. The summed E-state index contributed by atoms with van der Waals surface area (Å²) in [5.74, 6) is -2.75.